The van der Waals surface area contributed by atoms with Gasteiger partial charge in [-0.25, -0.2) is 0 Å². The molecule has 0 aliphatic heterocycles. The molecule has 0 spiro atoms. The first kappa shape index (κ1) is 19.9. The molecule has 0 heterocycles. The minimum absolute atomic E-state index is 0.0938. The molecule has 0 aromatic heterocycles. The molecule has 7 nitrogen and oxygen atoms in total. The monoisotopic (exact) mass is 278 g/mol. The van der Waals surface area contributed by atoms with Crippen LogP contribution in [0, 0.1) is 0 Å². The number of aliphatic hydroxyl groups excluding tert-OH is 1. The Kier molecular flexibility index (Phi) is 13.6. The Hall–Kier alpha value is -1.47. The highest BCUT2D eigenvalue weighted by Gasteiger charge is 2.12. The van der Waals surface area contributed by atoms with Crippen molar-refractivity contribution in [1.82, 2.24) is 0 Å². The van der Waals surface area contributed by atoms with Crippen LogP contribution < -0.4 is 0 Å². The lowest BCUT2D eigenvalue weighted by Crippen LogP contribution is -2.22. The first-order chi connectivity index (χ1) is 8.88. The largest absolute Gasteiger partial charge is 0.469 e. The summed E-state index contributed by atoms with van der Waals surface area (Å²) in [5, 5.41) is 8.07. The van der Waals surface area contributed by atoms with Gasteiger partial charge in [0.25, 0.3) is 0 Å². The summed E-state index contributed by atoms with van der Waals surface area (Å²) in [5.74, 6) is -0.928. The van der Waals surface area contributed by atoms with E-state index in [1.165, 1.54) is 21.1 Å². The average molecular weight is 278 g/mol. The van der Waals surface area contributed by atoms with E-state index in [1.54, 1.807) is 6.92 Å². The number of ketones is 1. The summed E-state index contributed by atoms with van der Waals surface area (Å²) < 4.78 is 13.6. The Morgan fingerprint density at radius 1 is 1.11 bits per heavy atom. The van der Waals surface area contributed by atoms with Crippen LogP contribution in [0.4, 0.5) is 0 Å². The third kappa shape index (κ3) is 14.5. The summed E-state index contributed by atoms with van der Waals surface area (Å²) in [6.45, 7) is 3.12. The highest BCUT2D eigenvalue weighted by Crippen LogP contribution is 1.95. The second-order valence-electron chi connectivity index (χ2n) is 3.54. The summed E-state index contributed by atoms with van der Waals surface area (Å²) in [5.41, 5.74) is 0. The van der Waals surface area contributed by atoms with Gasteiger partial charge in [-0.1, -0.05) is 0 Å². The summed E-state index contributed by atoms with van der Waals surface area (Å²) >= 11 is 0. The zero-order chi connectivity index (χ0) is 15.3. The van der Waals surface area contributed by atoms with Gasteiger partial charge < -0.3 is 19.3 Å². The highest BCUT2D eigenvalue weighted by molar-refractivity contribution is 5.83. The maximum Gasteiger partial charge on any atom is 0.308 e. The lowest BCUT2D eigenvalue weighted by molar-refractivity contribution is -0.154. The van der Waals surface area contributed by atoms with Crippen molar-refractivity contribution in [2.45, 2.75) is 32.8 Å². The van der Waals surface area contributed by atoms with E-state index in [9.17, 15) is 14.4 Å². The number of ether oxygens (including phenoxy) is 3. The molecule has 0 aliphatic rings. The second-order valence-corrected chi connectivity index (χ2v) is 3.54. The summed E-state index contributed by atoms with van der Waals surface area (Å²) in [4.78, 5) is 31.5. The molecule has 19 heavy (non-hydrogen) atoms. The lowest BCUT2D eigenvalue weighted by atomic mass is 10.3. The summed E-state index contributed by atoms with van der Waals surface area (Å²) in [6.07, 6.45) is -0.362. The number of esters is 2. The van der Waals surface area contributed by atoms with E-state index in [2.05, 4.69) is 9.47 Å². The number of Topliss-reactive ketones (excluding diaryl/α,β-unsaturated/α-hetero) is 1. The molecule has 0 fully saturated rings. The van der Waals surface area contributed by atoms with Gasteiger partial charge in [0.2, 0.25) is 0 Å². The van der Waals surface area contributed by atoms with E-state index >= 15 is 0 Å². The van der Waals surface area contributed by atoms with Crippen molar-refractivity contribution < 1.29 is 33.7 Å². The van der Waals surface area contributed by atoms with Crippen LogP contribution in [0.5, 0.6) is 0 Å². The minimum Gasteiger partial charge on any atom is -0.469 e. The Labute approximate surface area is 112 Å². The fourth-order valence-corrected chi connectivity index (χ4v) is 0.718. The third-order valence-corrected chi connectivity index (χ3v) is 1.93. The van der Waals surface area contributed by atoms with E-state index in [0.29, 0.717) is 6.61 Å². The van der Waals surface area contributed by atoms with Gasteiger partial charge >= 0.3 is 11.9 Å². The number of hydrogen-bond acceptors (Lipinski definition) is 7. The van der Waals surface area contributed by atoms with Gasteiger partial charge in [-0.3, -0.25) is 14.4 Å². The predicted molar refractivity (Wildman–Crippen MR) is 66.4 cm³/mol. The molecule has 0 saturated carbocycles. The topological polar surface area (TPSA) is 99.1 Å². The highest BCUT2D eigenvalue weighted by atomic mass is 16.5. The van der Waals surface area contributed by atoms with Crippen LogP contribution in [-0.4, -0.2) is 56.4 Å². The molecule has 0 rings (SSSR count). The van der Waals surface area contributed by atoms with Crippen molar-refractivity contribution >= 4 is 17.7 Å². The molecule has 0 aliphatic carbocycles. The first-order valence-electron chi connectivity index (χ1n) is 5.75. The van der Waals surface area contributed by atoms with Gasteiger partial charge in [0.15, 0.2) is 11.9 Å². The fourth-order valence-electron chi connectivity index (χ4n) is 0.718. The van der Waals surface area contributed by atoms with Crippen molar-refractivity contribution in [3.05, 3.63) is 0 Å². The Bertz CT molecular complexity index is 275. The molecule has 0 aromatic rings. The number of carbonyl (C=O) groups is 3. The first-order valence-corrected chi connectivity index (χ1v) is 5.75. The molecular formula is C12H22O7. The molecule has 0 amide bonds. The number of rotatable bonds is 7. The molecular weight excluding hydrogens is 256 g/mol. The molecule has 1 atom stereocenters. The fraction of sp³-hybridized carbons (Fsp3) is 0.750. The molecule has 112 valence electrons. The molecule has 0 bridgehead atoms. The zero-order valence-electron chi connectivity index (χ0n) is 11.8. The quantitative estimate of drug-likeness (QED) is 0.658. The molecule has 1 N–H and O–H groups in total. The van der Waals surface area contributed by atoms with Crippen LogP contribution in [0.2, 0.25) is 0 Å². The van der Waals surface area contributed by atoms with Crippen molar-refractivity contribution in [3.63, 3.8) is 0 Å². The minimum atomic E-state index is -0.644. The van der Waals surface area contributed by atoms with Gasteiger partial charge in [0, 0.05) is 7.11 Å². The molecule has 7 heteroatoms. The van der Waals surface area contributed by atoms with E-state index in [1.807, 2.05) is 0 Å². The van der Waals surface area contributed by atoms with Crippen LogP contribution in [0.3, 0.4) is 0 Å². The van der Waals surface area contributed by atoms with Gasteiger partial charge in [-0.2, -0.15) is 0 Å². The predicted octanol–water partition coefficient (Wildman–Crippen LogP) is 0.0854. The van der Waals surface area contributed by atoms with Crippen LogP contribution in [0.15, 0.2) is 0 Å². The van der Waals surface area contributed by atoms with Gasteiger partial charge in [0.1, 0.15) is 0 Å². The molecule has 0 aromatic carbocycles. The van der Waals surface area contributed by atoms with E-state index in [-0.39, 0.29) is 31.2 Å². The normalized spacial score (nSPS) is 10.8. The van der Waals surface area contributed by atoms with Crippen LogP contribution in [-0.2, 0) is 28.6 Å². The number of aliphatic hydroxyl groups is 1. The lowest BCUT2D eigenvalue weighted by Gasteiger charge is -2.08. The van der Waals surface area contributed by atoms with E-state index in [4.69, 9.17) is 9.84 Å². The maximum absolute atomic E-state index is 10.9. The molecule has 0 saturated heterocycles. The summed E-state index contributed by atoms with van der Waals surface area (Å²) in [7, 11) is 2.79. The number of hydrogen-bond donors (Lipinski definition) is 1. The van der Waals surface area contributed by atoms with Gasteiger partial charge in [-0.15, -0.1) is 0 Å². The average Bonchev–Trinajstić information content (AvgIpc) is 2.37. The maximum atomic E-state index is 10.9. The summed E-state index contributed by atoms with van der Waals surface area (Å²) in [6, 6.07) is 0. The van der Waals surface area contributed by atoms with Crippen LogP contribution >= 0.6 is 0 Å². The SMILES string of the molecule is COC(=O)CCO.COCCC(=O)O[C@H](C)C(C)=O. The molecule has 0 radical (unpaired) electrons. The van der Waals surface area contributed by atoms with E-state index in [0.717, 1.165) is 0 Å². The van der Waals surface area contributed by atoms with Crippen molar-refractivity contribution in [3.8, 4) is 0 Å². The smallest absolute Gasteiger partial charge is 0.308 e. The standard InChI is InChI=1S/C8H14O4.C4H8O3/c1-6(9)7(2)12-8(10)4-5-11-3;1-7-4(6)2-3-5/h7H,4-5H2,1-3H3;5H,2-3H2,1H3/t7-;/m1./s1. The van der Waals surface area contributed by atoms with Crippen LogP contribution in [0.25, 0.3) is 0 Å². The van der Waals surface area contributed by atoms with Gasteiger partial charge in [0.05, 0.1) is 33.2 Å². The number of carbonyl (C=O) groups excluding carboxylic acids is 3. The second kappa shape index (κ2) is 13.0. The van der Waals surface area contributed by atoms with Crippen molar-refractivity contribution in [2.24, 2.45) is 0 Å². The number of methoxy groups -OCH3 is 2. The van der Waals surface area contributed by atoms with Crippen molar-refractivity contribution in [2.75, 3.05) is 27.4 Å². The van der Waals surface area contributed by atoms with Crippen LogP contribution in [0.1, 0.15) is 26.7 Å². The Morgan fingerprint density at radius 2 is 1.68 bits per heavy atom. The van der Waals surface area contributed by atoms with Gasteiger partial charge in [-0.05, 0) is 13.8 Å². The third-order valence-electron chi connectivity index (χ3n) is 1.93. The van der Waals surface area contributed by atoms with Crippen molar-refractivity contribution in [1.29, 1.82) is 0 Å². The zero-order valence-corrected chi connectivity index (χ0v) is 11.8. The van der Waals surface area contributed by atoms with E-state index < -0.39 is 12.1 Å². The Morgan fingerprint density at radius 3 is 2.00 bits per heavy atom. The molecule has 0 unspecified atom stereocenters. The Balaban J connectivity index is 0.